The van der Waals surface area contributed by atoms with Crippen molar-refractivity contribution in [2.75, 3.05) is 52.9 Å². The van der Waals surface area contributed by atoms with Gasteiger partial charge in [-0.25, -0.2) is 93.5 Å². The molecule has 12 rings (SSSR count). The summed E-state index contributed by atoms with van der Waals surface area (Å²) in [6, 6.07) is 24.8. The first-order chi connectivity index (χ1) is 55.2. The Morgan fingerprint density at radius 1 is 0.242 bits per heavy atom. The first kappa shape index (κ1) is 116. The zero-order valence-corrected chi connectivity index (χ0v) is 77.9. The Kier molecular flexibility index (Phi) is 46.6. The quantitative estimate of drug-likeness (QED) is 0.0435. The van der Waals surface area contributed by atoms with E-state index in [1.165, 1.54) is 0 Å². The van der Waals surface area contributed by atoms with E-state index in [-0.39, 0.29) is 138 Å². The molecule has 8 atom stereocenters. The zero-order valence-electron chi connectivity index (χ0n) is 68.7. The minimum atomic E-state index is -6.09. The number of ether oxygens (including phenoxy) is 8. The summed E-state index contributed by atoms with van der Waals surface area (Å²) in [7, 11) is -24.4. The van der Waals surface area contributed by atoms with Gasteiger partial charge in [-0.2, -0.15) is 52.7 Å². The van der Waals surface area contributed by atoms with E-state index in [1.54, 1.807) is 0 Å². The summed E-state index contributed by atoms with van der Waals surface area (Å²) in [5, 5.41) is 0. The Morgan fingerprint density at radius 2 is 0.331 bits per heavy atom. The van der Waals surface area contributed by atoms with Crippen molar-refractivity contribution in [3.63, 3.8) is 0 Å². The normalized spacial score (nSPS) is 20.8. The molecule has 52 heteroatoms. The second-order valence-electron chi connectivity index (χ2n) is 29.7. The van der Waals surface area contributed by atoms with Crippen LogP contribution in [0.4, 0.5) is 52.7 Å². The third kappa shape index (κ3) is 36.2. The van der Waals surface area contributed by atoms with Gasteiger partial charge < -0.3 is 56.1 Å². The van der Waals surface area contributed by atoms with E-state index in [2.05, 4.69) is 171 Å². The van der Waals surface area contributed by atoms with Gasteiger partial charge in [-0.1, -0.05) is 135 Å². The summed E-state index contributed by atoms with van der Waals surface area (Å²) >= 11 is 0. The van der Waals surface area contributed by atoms with Gasteiger partial charge >= 0.3 is 112 Å². The standard InChI is InChI=1S/4C17H23N3O2.4CHF3O3S.4Ag/c4*1-10(2)14-8-21-16(19-14)12-6-5-7-13(18-12)17-20-15(9-22-17)11(3)4;4*2-1(3,4)8(5,6)7;;;;/h4*5-7,10-11,14-15H,8-9H2,1-4H3;4*(H,5,6,7);;;;/q;;;;;;;;4*+1/p-4/t4*14-,15-;;;;;;;;/m1111......../s1. The molecule has 0 unspecified atom stereocenters. The van der Waals surface area contributed by atoms with Crippen LogP contribution >= 0.6 is 0 Å². The molecule has 0 N–H and O–H groups in total. The van der Waals surface area contributed by atoms with E-state index in [0.29, 0.717) is 147 Å². The second kappa shape index (κ2) is 49.8. The molecule has 0 aliphatic carbocycles. The molecule has 0 fully saturated rings. The first-order valence-corrected chi connectivity index (χ1v) is 42.4. The molecule has 124 heavy (non-hydrogen) atoms. The minimum absolute atomic E-state index is 0. The van der Waals surface area contributed by atoms with Crippen LogP contribution in [0.25, 0.3) is 0 Å². The third-order valence-corrected chi connectivity index (χ3v) is 19.7. The van der Waals surface area contributed by atoms with Gasteiger partial charge in [0.2, 0.25) is 47.2 Å². The van der Waals surface area contributed by atoms with Crippen molar-refractivity contribution in [2.45, 2.75) is 181 Å². The van der Waals surface area contributed by atoms with Crippen LogP contribution < -0.4 is 0 Å². The number of halogens is 12. The predicted octanol–water partition coefficient (Wildman–Crippen LogP) is 10.9. The molecule has 32 nitrogen and oxygen atoms in total. The number of alkyl halides is 12. The molecule has 8 aliphatic heterocycles. The van der Waals surface area contributed by atoms with Crippen LogP contribution in [0, 0.1) is 47.3 Å². The van der Waals surface area contributed by atoms with Crippen molar-refractivity contribution < 1.29 is 232 Å². The van der Waals surface area contributed by atoms with Crippen molar-refractivity contribution in [1.29, 1.82) is 0 Å². The molecule has 0 spiro atoms. The van der Waals surface area contributed by atoms with E-state index in [1.807, 2.05) is 72.8 Å². The summed E-state index contributed by atoms with van der Waals surface area (Å²) in [5.41, 5.74) is -16.6. The Morgan fingerprint density at radius 3 is 0.395 bits per heavy atom. The van der Waals surface area contributed by atoms with Gasteiger partial charge in [-0.3, -0.25) is 0 Å². The average molecular weight is 2230 g/mol. The molecule has 12 heterocycles. The summed E-state index contributed by atoms with van der Waals surface area (Å²) in [6.45, 7) is 39.5. The third-order valence-electron chi connectivity index (χ3n) is 17.4. The van der Waals surface area contributed by atoms with Gasteiger partial charge in [0.05, 0.1) is 48.3 Å². The Balaban J connectivity index is 0.000000733. The van der Waals surface area contributed by atoms with Crippen LogP contribution in [0.1, 0.15) is 156 Å². The Labute approximate surface area is 773 Å². The number of hydrogen-bond donors (Lipinski definition) is 0. The molecule has 4 aromatic heterocycles. The molecule has 0 radical (unpaired) electrons. The maximum Gasteiger partial charge on any atom is 1.00 e. The maximum atomic E-state index is 10.7. The van der Waals surface area contributed by atoms with E-state index >= 15 is 0 Å². The van der Waals surface area contributed by atoms with Crippen molar-refractivity contribution in [3.05, 3.63) is 118 Å². The molecule has 0 saturated carbocycles. The van der Waals surface area contributed by atoms with Gasteiger partial charge in [0, 0.05) is 0 Å². The van der Waals surface area contributed by atoms with Gasteiger partial charge in [0.1, 0.15) is 98.4 Å². The monoisotopic (exact) mass is 2230 g/mol. The van der Waals surface area contributed by atoms with Gasteiger partial charge in [0.25, 0.3) is 0 Å². The largest absolute Gasteiger partial charge is 1.00 e. The van der Waals surface area contributed by atoms with Crippen molar-refractivity contribution in [1.82, 2.24) is 19.9 Å². The van der Waals surface area contributed by atoms with Crippen LogP contribution in [0.2, 0.25) is 0 Å². The molecule has 0 aromatic carbocycles. The molecular weight excluding hydrogens is 2140 g/mol. The number of hydrogen-bond acceptors (Lipinski definition) is 32. The van der Waals surface area contributed by atoms with Crippen molar-refractivity contribution >= 4 is 87.7 Å². The van der Waals surface area contributed by atoms with Crippen molar-refractivity contribution in [3.8, 4) is 0 Å². The number of pyridine rings is 4. The fraction of sp³-hybridized carbons (Fsp3) is 0.611. The fourth-order valence-electron chi connectivity index (χ4n) is 9.66. The molecule has 0 bridgehead atoms. The second-order valence-corrected chi connectivity index (χ2v) is 35.2. The fourth-order valence-corrected chi connectivity index (χ4v) is 9.66. The summed E-state index contributed by atoms with van der Waals surface area (Å²) < 4.78 is 281. The van der Waals surface area contributed by atoms with Gasteiger partial charge in [-0.05, 0) is 95.9 Å². The molecule has 8 aliphatic rings. The first-order valence-electron chi connectivity index (χ1n) is 36.8. The molecule has 0 amide bonds. The van der Waals surface area contributed by atoms with E-state index < -0.39 is 62.5 Å². The van der Waals surface area contributed by atoms with Gasteiger partial charge in [-0.15, -0.1) is 0 Å². The van der Waals surface area contributed by atoms with E-state index in [0.717, 1.165) is 45.6 Å². The number of nitrogens with zero attached hydrogens (tertiary/aromatic N) is 12. The Bertz CT molecular complexity index is 4080. The number of aromatic nitrogens is 4. The van der Waals surface area contributed by atoms with Gasteiger partial charge in [0.15, 0.2) is 40.5 Å². The Hall–Kier alpha value is -5.88. The van der Waals surface area contributed by atoms with E-state index in [4.69, 9.17) is 89.8 Å². The van der Waals surface area contributed by atoms with Crippen LogP contribution in [0.3, 0.4) is 0 Å². The minimum Gasteiger partial charge on any atom is -0.741 e. The summed E-state index contributed by atoms with van der Waals surface area (Å²) in [6.07, 6.45) is 0. The average Bonchev–Trinajstić information content (AvgIpc) is 1.70. The molecular formula is C72H92Ag4F12N12O20S4. The molecule has 0 saturated heterocycles. The predicted molar refractivity (Wildman–Crippen MR) is 409 cm³/mol. The van der Waals surface area contributed by atoms with E-state index in [9.17, 15) is 52.7 Å². The maximum absolute atomic E-state index is 10.7. The van der Waals surface area contributed by atoms with Crippen molar-refractivity contribution in [2.24, 2.45) is 87.3 Å². The zero-order chi connectivity index (χ0) is 90.8. The molecule has 712 valence electrons. The number of rotatable bonds is 16. The molecule has 4 aromatic rings. The van der Waals surface area contributed by atoms with Crippen LogP contribution in [0.15, 0.2) is 113 Å². The van der Waals surface area contributed by atoms with Crippen LogP contribution in [-0.2, 0) is 168 Å². The topological polar surface area (TPSA) is 453 Å². The van der Waals surface area contributed by atoms with Crippen LogP contribution in [-0.4, -0.2) is 242 Å². The number of aliphatic imine (C=N–C) groups is 8. The van der Waals surface area contributed by atoms with Crippen LogP contribution in [0.5, 0.6) is 0 Å². The smallest absolute Gasteiger partial charge is 0.741 e. The summed E-state index contributed by atoms with van der Waals surface area (Å²) in [4.78, 5) is 55.4. The SMILES string of the molecule is CC(C)[C@H]1COC(c2cccc(C3=N[C@@H](C(C)C)CO3)n2)=N1.CC(C)[C@H]1COC(c2cccc(C3=N[C@@H](C(C)C)CO3)n2)=N1.CC(C)[C@H]1COC(c2cccc(C3=N[C@@H](C(C)C)CO3)n2)=N1.CC(C)[C@H]1COC(c2cccc(C3=N[C@@H](C(C)C)CO3)n2)=N1.O=S(=O)([O-])C(F)(F)F.O=S(=O)([O-])C(F)(F)F.O=S(=O)([O-])C(F)(F)F.O=S(=O)([O-])C(F)(F)F.[Ag+].[Ag+].[Ag+].[Ag+]. The summed E-state index contributed by atoms with van der Waals surface area (Å²) in [5.74, 6) is 8.74.